The molecular weight excluding hydrogens is 166 g/mol. The lowest BCUT2D eigenvalue weighted by Crippen LogP contribution is -1.94. The zero-order valence-corrected chi connectivity index (χ0v) is 6.62. The highest BCUT2D eigenvalue weighted by atomic mass is 15.4. The standard InChI is InChI=1S/C8H5N5/c1-2-4-7-6(3-1)10-8-11-9-5-13(8)12-7/h1-5H. The maximum atomic E-state index is 4.27. The number of nitrogens with zero attached hydrogens (tertiary/aromatic N) is 5. The summed E-state index contributed by atoms with van der Waals surface area (Å²) in [6.45, 7) is 0. The molecule has 0 unspecified atom stereocenters. The van der Waals surface area contributed by atoms with Gasteiger partial charge in [-0.05, 0) is 12.1 Å². The van der Waals surface area contributed by atoms with Gasteiger partial charge in [-0.15, -0.1) is 10.2 Å². The summed E-state index contributed by atoms with van der Waals surface area (Å²) in [7, 11) is 0. The Hall–Kier alpha value is -2.04. The zero-order chi connectivity index (χ0) is 8.67. The second-order valence-corrected chi connectivity index (χ2v) is 2.68. The Morgan fingerprint density at radius 3 is 2.85 bits per heavy atom. The fourth-order valence-corrected chi connectivity index (χ4v) is 1.24. The van der Waals surface area contributed by atoms with Crippen molar-refractivity contribution in [1.82, 2.24) is 24.8 Å². The monoisotopic (exact) mass is 171 g/mol. The first-order valence-corrected chi connectivity index (χ1v) is 3.86. The average molecular weight is 171 g/mol. The van der Waals surface area contributed by atoms with E-state index in [0.717, 1.165) is 11.0 Å². The van der Waals surface area contributed by atoms with Gasteiger partial charge in [-0.3, -0.25) is 0 Å². The van der Waals surface area contributed by atoms with E-state index in [9.17, 15) is 0 Å². The Balaban J connectivity index is 2.57. The summed E-state index contributed by atoms with van der Waals surface area (Å²) in [6, 6.07) is 7.65. The molecular formula is C8H5N5. The Bertz CT molecular complexity index is 521. The molecule has 0 aliphatic rings. The molecule has 2 aromatic heterocycles. The molecule has 0 radical (unpaired) electrons. The van der Waals surface area contributed by atoms with Crippen molar-refractivity contribution in [2.24, 2.45) is 0 Å². The first kappa shape index (κ1) is 6.47. The largest absolute Gasteiger partial charge is 0.272 e. The van der Waals surface area contributed by atoms with Gasteiger partial charge in [0.2, 0.25) is 0 Å². The molecule has 3 rings (SSSR count). The first-order valence-electron chi connectivity index (χ1n) is 3.86. The molecule has 5 heteroatoms. The molecule has 0 saturated heterocycles. The van der Waals surface area contributed by atoms with Gasteiger partial charge < -0.3 is 0 Å². The molecule has 0 spiro atoms. The molecule has 5 nitrogen and oxygen atoms in total. The molecule has 0 aliphatic heterocycles. The Labute approximate surface area is 73.0 Å². The molecule has 1 aromatic carbocycles. The molecule has 0 N–H and O–H groups in total. The van der Waals surface area contributed by atoms with Crippen molar-refractivity contribution in [3.8, 4) is 0 Å². The van der Waals surface area contributed by atoms with Gasteiger partial charge >= 0.3 is 0 Å². The molecule has 13 heavy (non-hydrogen) atoms. The maximum Gasteiger partial charge on any atom is 0.272 e. The molecule has 2 heterocycles. The van der Waals surface area contributed by atoms with E-state index in [1.54, 1.807) is 4.52 Å². The van der Waals surface area contributed by atoms with Crippen molar-refractivity contribution in [2.75, 3.05) is 0 Å². The van der Waals surface area contributed by atoms with Crippen molar-refractivity contribution in [2.45, 2.75) is 0 Å². The minimum absolute atomic E-state index is 0.527. The van der Waals surface area contributed by atoms with Crippen LogP contribution in [-0.2, 0) is 0 Å². The second kappa shape index (κ2) is 2.22. The van der Waals surface area contributed by atoms with Crippen LogP contribution in [0, 0.1) is 0 Å². The fourth-order valence-electron chi connectivity index (χ4n) is 1.24. The molecule has 0 amide bonds. The van der Waals surface area contributed by atoms with Crippen LogP contribution in [-0.4, -0.2) is 24.8 Å². The lowest BCUT2D eigenvalue weighted by Gasteiger charge is -1.94. The van der Waals surface area contributed by atoms with Crippen molar-refractivity contribution in [1.29, 1.82) is 0 Å². The summed E-state index contributed by atoms with van der Waals surface area (Å²) >= 11 is 0. The van der Waals surface area contributed by atoms with Crippen LogP contribution in [0.2, 0.25) is 0 Å². The van der Waals surface area contributed by atoms with E-state index in [1.807, 2.05) is 24.3 Å². The summed E-state index contributed by atoms with van der Waals surface area (Å²) < 4.78 is 1.56. The predicted octanol–water partition coefficient (Wildman–Crippen LogP) is 0.672. The SMILES string of the molecule is c1ccc2nn3cnnc3nc2c1. The summed E-state index contributed by atoms with van der Waals surface area (Å²) in [6.07, 6.45) is 1.54. The lowest BCUT2D eigenvalue weighted by molar-refractivity contribution is 0.936. The zero-order valence-electron chi connectivity index (χ0n) is 6.62. The number of para-hydroxylation sites is 1. The van der Waals surface area contributed by atoms with E-state index in [4.69, 9.17) is 0 Å². The van der Waals surface area contributed by atoms with Gasteiger partial charge in [0.1, 0.15) is 11.8 Å². The van der Waals surface area contributed by atoms with Crippen LogP contribution in [0.4, 0.5) is 0 Å². The topological polar surface area (TPSA) is 56.0 Å². The van der Waals surface area contributed by atoms with Crippen LogP contribution in [0.1, 0.15) is 0 Å². The van der Waals surface area contributed by atoms with E-state index >= 15 is 0 Å². The third-order valence-electron chi connectivity index (χ3n) is 1.83. The van der Waals surface area contributed by atoms with Crippen LogP contribution >= 0.6 is 0 Å². The van der Waals surface area contributed by atoms with Crippen LogP contribution in [0.5, 0.6) is 0 Å². The maximum absolute atomic E-state index is 4.27. The van der Waals surface area contributed by atoms with E-state index < -0.39 is 0 Å². The number of aromatic nitrogens is 5. The van der Waals surface area contributed by atoms with E-state index in [1.165, 1.54) is 6.33 Å². The summed E-state index contributed by atoms with van der Waals surface area (Å²) in [5, 5.41) is 11.8. The number of fused-ring (bicyclic) bond motifs is 2. The lowest BCUT2D eigenvalue weighted by atomic mass is 10.3. The molecule has 3 aromatic rings. The van der Waals surface area contributed by atoms with E-state index in [-0.39, 0.29) is 0 Å². The third-order valence-corrected chi connectivity index (χ3v) is 1.83. The van der Waals surface area contributed by atoms with Crippen LogP contribution < -0.4 is 0 Å². The van der Waals surface area contributed by atoms with Crippen molar-refractivity contribution in [3.63, 3.8) is 0 Å². The molecule has 0 fully saturated rings. The van der Waals surface area contributed by atoms with Gasteiger partial charge in [0.15, 0.2) is 0 Å². The van der Waals surface area contributed by atoms with Crippen LogP contribution in [0.25, 0.3) is 16.8 Å². The summed E-state index contributed by atoms with van der Waals surface area (Å²) in [5.74, 6) is 0.527. The number of hydrogen-bond donors (Lipinski definition) is 0. The molecule has 62 valence electrons. The summed E-state index contributed by atoms with van der Waals surface area (Å²) in [5.41, 5.74) is 1.68. The highest BCUT2D eigenvalue weighted by molar-refractivity contribution is 5.74. The minimum atomic E-state index is 0.527. The Morgan fingerprint density at radius 2 is 1.92 bits per heavy atom. The third kappa shape index (κ3) is 0.868. The molecule has 0 saturated carbocycles. The Kier molecular flexibility index (Phi) is 1.11. The van der Waals surface area contributed by atoms with Gasteiger partial charge in [0.05, 0.1) is 5.52 Å². The molecule has 0 atom stereocenters. The van der Waals surface area contributed by atoms with E-state index in [2.05, 4.69) is 20.3 Å². The van der Waals surface area contributed by atoms with E-state index in [0.29, 0.717) is 5.78 Å². The molecule has 0 aliphatic carbocycles. The number of rotatable bonds is 0. The highest BCUT2D eigenvalue weighted by Crippen LogP contribution is 2.07. The van der Waals surface area contributed by atoms with Gasteiger partial charge in [-0.25, -0.2) is 4.98 Å². The second-order valence-electron chi connectivity index (χ2n) is 2.68. The minimum Gasteiger partial charge on any atom is -0.208 e. The number of hydrogen-bond acceptors (Lipinski definition) is 4. The van der Waals surface area contributed by atoms with Gasteiger partial charge in [0.25, 0.3) is 5.78 Å². The molecule has 0 bridgehead atoms. The van der Waals surface area contributed by atoms with Crippen molar-refractivity contribution < 1.29 is 0 Å². The Morgan fingerprint density at radius 1 is 1.08 bits per heavy atom. The predicted molar refractivity (Wildman–Crippen MR) is 46.1 cm³/mol. The smallest absolute Gasteiger partial charge is 0.208 e. The highest BCUT2D eigenvalue weighted by Gasteiger charge is 2.00. The van der Waals surface area contributed by atoms with Crippen LogP contribution in [0.3, 0.4) is 0 Å². The van der Waals surface area contributed by atoms with Gasteiger partial charge in [0, 0.05) is 0 Å². The van der Waals surface area contributed by atoms with Gasteiger partial charge in [-0.1, -0.05) is 12.1 Å². The average Bonchev–Trinajstić information content (AvgIpc) is 2.61. The fraction of sp³-hybridized carbons (Fsp3) is 0. The summed E-state index contributed by atoms with van der Waals surface area (Å²) in [4.78, 5) is 4.26. The normalized spacial score (nSPS) is 11.1. The van der Waals surface area contributed by atoms with Crippen LogP contribution in [0.15, 0.2) is 30.6 Å². The first-order chi connectivity index (χ1) is 6.43. The number of benzene rings is 1. The van der Waals surface area contributed by atoms with Crippen molar-refractivity contribution >= 4 is 16.8 Å². The quantitative estimate of drug-likeness (QED) is 0.499. The van der Waals surface area contributed by atoms with Gasteiger partial charge in [-0.2, -0.15) is 9.61 Å². The van der Waals surface area contributed by atoms with Crippen molar-refractivity contribution in [3.05, 3.63) is 30.6 Å².